The van der Waals surface area contributed by atoms with Gasteiger partial charge in [-0.25, -0.2) is 0 Å². The van der Waals surface area contributed by atoms with Crippen LogP contribution in [0.25, 0.3) is 0 Å². The molecule has 3 N–H and O–H groups in total. The van der Waals surface area contributed by atoms with Crippen molar-refractivity contribution in [1.29, 1.82) is 0 Å². The maximum atomic E-state index is 10.1. The van der Waals surface area contributed by atoms with Gasteiger partial charge in [0.2, 0.25) is 0 Å². The van der Waals surface area contributed by atoms with Crippen molar-refractivity contribution >= 4 is 10.1 Å². The molecule has 0 aliphatic heterocycles. The van der Waals surface area contributed by atoms with Gasteiger partial charge < -0.3 is 10.2 Å². The molecule has 0 aliphatic carbocycles. The predicted octanol–water partition coefficient (Wildman–Crippen LogP) is 1.98. The fourth-order valence-electron chi connectivity index (χ4n) is 1.19. The molecule has 112 valence electrons. The van der Waals surface area contributed by atoms with Crippen molar-refractivity contribution in [3.63, 3.8) is 0 Å². The summed E-state index contributed by atoms with van der Waals surface area (Å²) in [6.45, 7) is 5.65. The van der Waals surface area contributed by atoms with E-state index < -0.39 is 22.3 Å². The van der Waals surface area contributed by atoms with Gasteiger partial charge in [0, 0.05) is 0 Å². The third kappa shape index (κ3) is 18.2. The Hall–Kier alpha value is -0.170. The van der Waals surface area contributed by atoms with Gasteiger partial charge >= 0.3 is 0 Å². The van der Waals surface area contributed by atoms with Crippen LogP contribution in [-0.4, -0.2) is 41.1 Å². The largest absolute Gasteiger partial charge is 0.391 e. The van der Waals surface area contributed by atoms with Gasteiger partial charge in [0.15, 0.2) is 0 Å². The lowest BCUT2D eigenvalue weighted by Crippen LogP contribution is -2.21. The molecule has 0 saturated carbocycles. The van der Waals surface area contributed by atoms with Gasteiger partial charge in [0.25, 0.3) is 10.1 Å². The molecule has 0 rings (SSSR count). The second-order valence-corrected chi connectivity index (χ2v) is 6.02. The maximum absolute atomic E-state index is 10.1. The van der Waals surface area contributed by atoms with Crippen LogP contribution in [0, 0.1) is 0 Å². The van der Waals surface area contributed by atoms with Gasteiger partial charge in [-0.2, -0.15) is 8.42 Å². The Bertz CT molecular complexity index is 262. The Kier molecular flexibility index (Phi) is 13.3. The monoisotopic (exact) mass is 284 g/mol. The van der Waals surface area contributed by atoms with E-state index in [-0.39, 0.29) is 5.75 Å². The quantitative estimate of drug-likeness (QED) is 0.468. The summed E-state index contributed by atoms with van der Waals surface area (Å²) in [5.41, 5.74) is 0. The molecule has 0 amide bonds. The van der Waals surface area contributed by atoms with Crippen molar-refractivity contribution in [1.82, 2.24) is 0 Å². The minimum absolute atomic E-state index is 0.0964. The molecule has 0 bridgehead atoms. The summed E-state index contributed by atoms with van der Waals surface area (Å²) >= 11 is 0. The summed E-state index contributed by atoms with van der Waals surface area (Å²) < 4.78 is 28.3. The van der Waals surface area contributed by atoms with Crippen LogP contribution in [0.4, 0.5) is 0 Å². The number of hydrogen-bond acceptors (Lipinski definition) is 4. The highest BCUT2D eigenvalue weighted by Crippen LogP contribution is 2.03. The van der Waals surface area contributed by atoms with E-state index >= 15 is 0 Å². The first kappa shape index (κ1) is 20.2. The number of aliphatic hydroxyl groups excluding tert-OH is 2. The van der Waals surface area contributed by atoms with E-state index in [1.165, 1.54) is 0 Å². The molecule has 0 radical (unpaired) electrons. The summed E-state index contributed by atoms with van der Waals surface area (Å²) in [6.07, 6.45) is 4.08. The zero-order valence-corrected chi connectivity index (χ0v) is 12.5. The Morgan fingerprint density at radius 2 is 1.50 bits per heavy atom. The third-order valence-electron chi connectivity index (χ3n) is 2.42. The molecule has 0 aromatic heterocycles. The highest BCUT2D eigenvalue weighted by molar-refractivity contribution is 7.85. The second-order valence-electron chi connectivity index (χ2n) is 4.44. The Morgan fingerprint density at radius 1 is 1.00 bits per heavy atom. The molecule has 2 atom stereocenters. The molecule has 0 heterocycles. The first-order chi connectivity index (χ1) is 8.24. The average Bonchev–Trinajstić information content (AvgIpc) is 2.25. The minimum Gasteiger partial charge on any atom is -0.391 e. The number of rotatable bonds is 8. The number of aliphatic hydroxyl groups is 2. The third-order valence-corrected chi connectivity index (χ3v) is 3.22. The van der Waals surface area contributed by atoms with E-state index in [2.05, 4.69) is 6.92 Å². The first-order valence-electron chi connectivity index (χ1n) is 6.55. The van der Waals surface area contributed by atoms with Crippen LogP contribution in [0.5, 0.6) is 0 Å². The van der Waals surface area contributed by atoms with Crippen molar-refractivity contribution in [2.45, 2.75) is 71.5 Å². The lowest BCUT2D eigenvalue weighted by Gasteiger charge is -2.11. The topological polar surface area (TPSA) is 94.8 Å². The first-order valence-corrected chi connectivity index (χ1v) is 8.16. The smallest absolute Gasteiger partial charge is 0.264 e. The lowest BCUT2D eigenvalue weighted by molar-refractivity contribution is 0.0250. The SMILES string of the molecule is CCCCC(O)C(C)O.CCCCCS(=O)(=O)O. The molecule has 5 nitrogen and oxygen atoms in total. The molecule has 0 fully saturated rings. The molecular weight excluding hydrogens is 256 g/mol. The zero-order valence-electron chi connectivity index (χ0n) is 11.7. The molecule has 0 aromatic carbocycles. The van der Waals surface area contributed by atoms with Crippen LogP contribution in [0.2, 0.25) is 0 Å². The average molecular weight is 284 g/mol. The number of hydrogen-bond donors (Lipinski definition) is 3. The predicted molar refractivity (Wildman–Crippen MR) is 73.2 cm³/mol. The summed E-state index contributed by atoms with van der Waals surface area (Å²) in [6, 6.07) is 0. The van der Waals surface area contributed by atoms with Crippen LogP contribution in [0.3, 0.4) is 0 Å². The highest BCUT2D eigenvalue weighted by atomic mass is 32.2. The van der Waals surface area contributed by atoms with E-state index in [0.717, 1.165) is 25.7 Å². The highest BCUT2D eigenvalue weighted by Gasteiger charge is 2.08. The summed E-state index contributed by atoms with van der Waals surface area (Å²) in [5, 5.41) is 17.8. The van der Waals surface area contributed by atoms with Crippen LogP contribution < -0.4 is 0 Å². The van der Waals surface area contributed by atoms with Crippen LogP contribution in [-0.2, 0) is 10.1 Å². The van der Waals surface area contributed by atoms with E-state index in [1.807, 2.05) is 6.92 Å². The van der Waals surface area contributed by atoms with Crippen LogP contribution >= 0.6 is 0 Å². The summed E-state index contributed by atoms with van der Waals surface area (Å²) in [4.78, 5) is 0. The zero-order chi connectivity index (χ0) is 14.6. The van der Waals surface area contributed by atoms with E-state index in [0.29, 0.717) is 12.8 Å². The van der Waals surface area contributed by atoms with Crippen molar-refractivity contribution in [3.8, 4) is 0 Å². The fourth-order valence-corrected chi connectivity index (χ4v) is 1.76. The maximum Gasteiger partial charge on any atom is 0.264 e. The summed E-state index contributed by atoms with van der Waals surface area (Å²) in [5.74, 6) is -0.0964. The van der Waals surface area contributed by atoms with Crippen molar-refractivity contribution < 1.29 is 23.2 Å². The fraction of sp³-hybridized carbons (Fsp3) is 1.00. The van der Waals surface area contributed by atoms with Gasteiger partial charge in [-0.05, 0) is 19.8 Å². The van der Waals surface area contributed by atoms with Gasteiger partial charge in [0.05, 0.1) is 18.0 Å². The normalized spacial score (nSPS) is 14.6. The van der Waals surface area contributed by atoms with Gasteiger partial charge in [-0.15, -0.1) is 0 Å². The van der Waals surface area contributed by atoms with Gasteiger partial charge in [-0.3, -0.25) is 4.55 Å². The van der Waals surface area contributed by atoms with Crippen molar-refractivity contribution in [3.05, 3.63) is 0 Å². The van der Waals surface area contributed by atoms with Crippen molar-refractivity contribution in [2.75, 3.05) is 5.75 Å². The standard InChI is InChI=1S/C7H16O2.C5H12O3S/c1-3-4-5-7(9)6(2)8;1-2-3-4-5-9(6,7)8/h6-9H,3-5H2,1-2H3;2-5H2,1H3,(H,6,7,8). The molecule has 0 spiro atoms. The molecule has 0 saturated heterocycles. The summed E-state index contributed by atoms with van der Waals surface area (Å²) in [7, 11) is -3.70. The molecule has 18 heavy (non-hydrogen) atoms. The molecule has 0 aliphatic rings. The van der Waals surface area contributed by atoms with E-state index in [1.54, 1.807) is 6.92 Å². The number of unbranched alkanes of at least 4 members (excludes halogenated alkanes) is 3. The van der Waals surface area contributed by atoms with Gasteiger partial charge in [-0.1, -0.05) is 39.5 Å². The Balaban J connectivity index is 0. The molecule has 2 unspecified atom stereocenters. The minimum atomic E-state index is -3.70. The lowest BCUT2D eigenvalue weighted by atomic mass is 10.1. The second kappa shape index (κ2) is 11.9. The molecule has 0 aromatic rings. The van der Waals surface area contributed by atoms with E-state index in [9.17, 15) is 8.42 Å². The Labute approximate surface area is 111 Å². The van der Waals surface area contributed by atoms with Gasteiger partial charge in [0.1, 0.15) is 0 Å². The molecule has 6 heteroatoms. The molecular formula is C12H28O5S. The van der Waals surface area contributed by atoms with Crippen molar-refractivity contribution in [2.24, 2.45) is 0 Å². The van der Waals surface area contributed by atoms with Crippen LogP contribution in [0.1, 0.15) is 59.3 Å². The van der Waals surface area contributed by atoms with Crippen LogP contribution in [0.15, 0.2) is 0 Å². The van der Waals surface area contributed by atoms with E-state index in [4.69, 9.17) is 14.8 Å². The Morgan fingerprint density at radius 3 is 1.83 bits per heavy atom.